The summed E-state index contributed by atoms with van der Waals surface area (Å²) >= 11 is 0. The molecule has 1 saturated carbocycles. The average Bonchev–Trinajstić information content (AvgIpc) is 3.34. The fourth-order valence-corrected chi connectivity index (χ4v) is 4.11. The van der Waals surface area contributed by atoms with Crippen LogP contribution >= 0.6 is 0 Å². The van der Waals surface area contributed by atoms with Gasteiger partial charge in [0.05, 0.1) is 5.56 Å². The molecule has 33 heavy (non-hydrogen) atoms. The SMILES string of the molecule is CNc1ncc(C#Cc2ccc(C[C@H]3CCOC3)cn2)c2cc(NC(=O)[C@H]3C[C@H]3C)nnc12. The van der Waals surface area contributed by atoms with Crippen molar-refractivity contribution >= 4 is 28.4 Å². The summed E-state index contributed by atoms with van der Waals surface area (Å²) in [6, 6.07) is 5.83. The molecule has 3 atom stereocenters. The van der Waals surface area contributed by atoms with Crippen LogP contribution in [0, 0.1) is 29.6 Å². The number of amides is 1. The molecule has 1 aliphatic heterocycles. The highest BCUT2D eigenvalue weighted by Crippen LogP contribution is 2.38. The second-order valence-corrected chi connectivity index (χ2v) is 8.81. The number of ether oxygens (including phenoxy) is 1. The quantitative estimate of drug-likeness (QED) is 0.586. The zero-order valence-electron chi connectivity index (χ0n) is 18.8. The Labute approximate surface area is 192 Å². The molecule has 0 bridgehead atoms. The summed E-state index contributed by atoms with van der Waals surface area (Å²) in [6.45, 7) is 3.75. The second kappa shape index (κ2) is 9.12. The largest absolute Gasteiger partial charge is 0.381 e. The number of nitrogens with zero attached hydrogens (tertiary/aromatic N) is 4. The molecule has 0 aromatic carbocycles. The van der Waals surface area contributed by atoms with Crippen LogP contribution in [0.4, 0.5) is 11.6 Å². The van der Waals surface area contributed by atoms with Crippen LogP contribution < -0.4 is 10.6 Å². The van der Waals surface area contributed by atoms with Crippen molar-refractivity contribution in [3.63, 3.8) is 0 Å². The van der Waals surface area contributed by atoms with Gasteiger partial charge in [-0.05, 0) is 54.7 Å². The van der Waals surface area contributed by atoms with Gasteiger partial charge in [0.2, 0.25) is 5.91 Å². The van der Waals surface area contributed by atoms with Gasteiger partial charge in [-0.15, -0.1) is 10.2 Å². The van der Waals surface area contributed by atoms with Crippen molar-refractivity contribution in [3.8, 4) is 11.8 Å². The molecule has 2 N–H and O–H groups in total. The van der Waals surface area contributed by atoms with Crippen molar-refractivity contribution in [1.82, 2.24) is 20.2 Å². The molecule has 1 saturated heterocycles. The number of carbonyl (C=O) groups is 1. The Morgan fingerprint density at radius 3 is 2.79 bits per heavy atom. The molecule has 0 unspecified atom stereocenters. The minimum absolute atomic E-state index is 0.0138. The molecule has 2 aliphatic rings. The van der Waals surface area contributed by atoms with Gasteiger partial charge in [-0.1, -0.05) is 18.9 Å². The Hall–Kier alpha value is -3.57. The van der Waals surface area contributed by atoms with Crippen LogP contribution in [-0.2, 0) is 16.0 Å². The molecule has 5 rings (SSSR count). The number of carbonyl (C=O) groups excluding carboxylic acids is 1. The van der Waals surface area contributed by atoms with Gasteiger partial charge in [0, 0.05) is 44.0 Å². The maximum Gasteiger partial charge on any atom is 0.228 e. The molecule has 3 aromatic rings. The Kier molecular flexibility index (Phi) is 5.88. The van der Waals surface area contributed by atoms with Crippen LogP contribution in [0.3, 0.4) is 0 Å². The summed E-state index contributed by atoms with van der Waals surface area (Å²) in [5.41, 5.74) is 3.18. The number of nitrogens with one attached hydrogen (secondary N) is 2. The van der Waals surface area contributed by atoms with Gasteiger partial charge >= 0.3 is 0 Å². The Bertz CT molecular complexity index is 1240. The standard InChI is InChI=1S/C25H26N6O2/c1-15-9-20(15)25(32)29-22-11-21-18(13-28-24(26-2)23(21)31-30-22)4-6-19-5-3-16(12-27-19)10-17-7-8-33-14-17/h3,5,11-13,15,17,20H,7-10,14H2,1-2H3,(H,26,28)(H,29,30,32)/t15-,17-,20+/m1/s1. The lowest BCUT2D eigenvalue weighted by Gasteiger charge is -2.08. The van der Waals surface area contributed by atoms with E-state index < -0.39 is 0 Å². The van der Waals surface area contributed by atoms with Crippen LogP contribution in [0.15, 0.2) is 30.6 Å². The van der Waals surface area contributed by atoms with Crippen molar-refractivity contribution in [2.45, 2.75) is 26.2 Å². The summed E-state index contributed by atoms with van der Waals surface area (Å²) in [6.07, 6.45) is 6.59. The normalized spacial score (nSPS) is 21.3. The molecular weight excluding hydrogens is 416 g/mol. The number of pyridine rings is 2. The molecule has 168 valence electrons. The number of anilines is 2. The zero-order valence-corrected chi connectivity index (χ0v) is 18.8. The van der Waals surface area contributed by atoms with Gasteiger partial charge in [0.1, 0.15) is 11.2 Å². The first kappa shape index (κ1) is 21.3. The molecule has 1 amide bonds. The number of fused-ring (bicyclic) bond motifs is 1. The predicted molar refractivity (Wildman–Crippen MR) is 126 cm³/mol. The van der Waals surface area contributed by atoms with E-state index in [0.29, 0.717) is 40.2 Å². The lowest BCUT2D eigenvalue weighted by molar-refractivity contribution is -0.117. The summed E-state index contributed by atoms with van der Waals surface area (Å²) in [7, 11) is 1.78. The van der Waals surface area contributed by atoms with Crippen molar-refractivity contribution in [3.05, 3.63) is 47.4 Å². The fourth-order valence-electron chi connectivity index (χ4n) is 4.11. The molecule has 2 fully saturated rings. The van der Waals surface area contributed by atoms with Gasteiger partial charge in [0.15, 0.2) is 11.6 Å². The van der Waals surface area contributed by atoms with Gasteiger partial charge in [-0.25, -0.2) is 9.97 Å². The minimum Gasteiger partial charge on any atom is -0.381 e. The highest BCUT2D eigenvalue weighted by molar-refractivity contribution is 5.97. The topological polar surface area (TPSA) is 102 Å². The third kappa shape index (κ3) is 4.78. The predicted octanol–water partition coefficient (Wildman–Crippen LogP) is 3.03. The fraction of sp³-hybridized carbons (Fsp3) is 0.400. The molecule has 3 aromatic heterocycles. The van der Waals surface area contributed by atoms with E-state index in [2.05, 4.69) is 55.6 Å². The van der Waals surface area contributed by atoms with Crippen molar-refractivity contribution in [1.29, 1.82) is 0 Å². The third-order valence-electron chi connectivity index (χ3n) is 6.26. The maximum atomic E-state index is 12.3. The molecule has 8 heteroatoms. The summed E-state index contributed by atoms with van der Waals surface area (Å²) in [5.74, 6) is 8.36. The van der Waals surface area contributed by atoms with E-state index in [4.69, 9.17) is 4.74 Å². The number of aromatic nitrogens is 4. The van der Waals surface area contributed by atoms with E-state index in [9.17, 15) is 4.79 Å². The summed E-state index contributed by atoms with van der Waals surface area (Å²) < 4.78 is 5.46. The lowest BCUT2D eigenvalue weighted by Crippen LogP contribution is -2.16. The summed E-state index contributed by atoms with van der Waals surface area (Å²) in [4.78, 5) is 21.2. The molecule has 0 radical (unpaired) electrons. The Morgan fingerprint density at radius 2 is 2.09 bits per heavy atom. The van der Waals surface area contributed by atoms with Crippen LogP contribution in [-0.4, -0.2) is 46.3 Å². The van der Waals surface area contributed by atoms with Gasteiger partial charge in [-0.2, -0.15) is 0 Å². The molecule has 0 spiro atoms. The van der Waals surface area contributed by atoms with Crippen molar-refractivity contribution in [2.24, 2.45) is 17.8 Å². The van der Waals surface area contributed by atoms with E-state index in [1.54, 1.807) is 19.3 Å². The Balaban J connectivity index is 1.39. The van der Waals surface area contributed by atoms with E-state index in [-0.39, 0.29) is 11.8 Å². The molecule has 4 heterocycles. The van der Waals surface area contributed by atoms with Crippen molar-refractivity contribution in [2.75, 3.05) is 30.9 Å². The second-order valence-electron chi connectivity index (χ2n) is 8.81. The van der Waals surface area contributed by atoms with Crippen molar-refractivity contribution < 1.29 is 9.53 Å². The number of rotatable bonds is 5. The van der Waals surface area contributed by atoms with Gasteiger partial charge in [0.25, 0.3) is 0 Å². The van der Waals surface area contributed by atoms with E-state index in [1.807, 2.05) is 12.3 Å². The molecular formula is C25H26N6O2. The third-order valence-corrected chi connectivity index (χ3v) is 6.26. The molecule has 8 nitrogen and oxygen atoms in total. The monoisotopic (exact) mass is 442 g/mol. The van der Waals surface area contributed by atoms with E-state index in [1.165, 1.54) is 5.56 Å². The maximum absolute atomic E-state index is 12.3. The van der Waals surface area contributed by atoms with Crippen LogP contribution in [0.25, 0.3) is 10.9 Å². The highest BCUT2D eigenvalue weighted by Gasteiger charge is 2.39. The highest BCUT2D eigenvalue weighted by atomic mass is 16.5. The molecule has 1 aliphatic carbocycles. The van der Waals surface area contributed by atoms with Gasteiger partial charge < -0.3 is 15.4 Å². The number of hydrogen-bond donors (Lipinski definition) is 2. The Morgan fingerprint density at radius 1 is 1.21 bits per heavy atom. The minimum atomic E-state index is -0.0138. The average molecular weight is 443 g/mol. The first-order chi connectivity index (χ1) is 16.1. The smallest absolute Gasteiger partial charge is 0.228 e. The zero-order chi connectivity index (χ0) is 22.8. The van der Waals surface area contributed by atoms with Gasteiger partial charge in [-0.3, -0.25) is 4.79 Å². The first-order valence-corrected chi connectivity index (χ1v) is 11.3. The van der Waals surface area contributed by atoms with Crippen LogP contribution in [0.2, 0.25) is 0 Å². The van der Waals surface area contributed by atoms with Crippen LogP contribution in [0.5, 0.6) is 0 Å². The summed E-state index contributed by atoms with van der Waals surface area (Å²) in [5, 5.41) is 15.1. The first-order valence-electron chi connectivity index (χ1n) is 11.3. The number of hydrogen-bond acceptors (Lipinski definition) is 7. The van der Waals surface area contributed by atoms with Crippen LogP contribution in [0.1, 0.15) is 36.6 Å². The lowest BCUT2D eigenvalue weighted by atomic mass is 10.00. The van der Waals surface area contributed by atoms with E-state index in [0.717, 1.165) is 37.9 Å². The van der Waals surface area contributed by atoms with E-state index >= 15 is 0 Å².